The lowest BCUT2D eigenvalue weighted by Gasteiger charge is -2.11. The number of benzene rings is 1. The first-order valence-corrected chi connectivity index (χ1v) is 8.40. The lowest BCUT2D eigenvalue weighted by molar-refractivity contribution is -0.140. The Bertz CT molecular complexity index is 1000. The summed E-state index contributed by atoms with van der Waals surface area (Å²) in [6.45, 7) is 0.0685. The van der Waals surface area contributed by atoms with Crippen LogP contribution in [0.5, 0.6) is 17.5 Å². The van der Waals surface area contributed by atoms with Crippen molar-refractivity contribution < 1.29 is 31.4 Å². The van der Waals surface area contributed by atoms with Gasteiger partial charge in [-0.15, -0.1) is 0 Å². The molecule has 2 heterocycles. The fourth-order valence-corrected chi connectivity index (χ4v) is 2.35. The van der Waals surface area contributed by atoms with Crippen molar-refractivity contribution in [3.8, 4) is 17.5 Å². The van der Waals surface area contributed by atoms with E-state index in [4.69, 9.17) is 21.1 Å². The van der Waals surface area contributed by atoms with Gasteiger partial charge in [0.1, 0.15) is 11.6 Å². The van der Waals surface area contributed by atoms with Crippen LogP contribution in [0.1, 0.15) is 11.1 Å². The summed E-state index contributed by atoms with van der Waals surface area (Å²) >= 11 is 5.56. The number of ether oxygens (including phenoxy) is 2. The highest BCUT2D eigenvalue weighted by Gasteiger charge is 2.34. The van der Waals surface area contributed by atoms with E-state index in [-0.39, 0.29) is 29.4 Å². The van der Waals surface area contributed by atoms with Gasteiger partial charge in [-0.2, -0.15) is 22.5 Å². The largest absolute Gasteiger partial charge is 0.475 e. The smallest absolute Gasteiger partial charge is 0.419 e. The minimum Gasteiger partial charge on any atom is -0.475 e. The number of hydrogen-bond donors (Lipinski definition) is 0. The maximum absolute atomic E-state index is 13.5. The van der Waals surface area contributed by atoms with Gasteiger partial charge >= 0.3 is 6.18 Å². The van der Waals surface area contributed by atoms with Crippen LogP contribution in [-0.4, -0.2) is 21.6 Å². The second kappa shape index (κ2) is 8.56. The molecule has 0 aliphatic heterocycles. The van der Waals surface area contributed by atoms with Gasteiger partial charge < -0.3 is 9.47 Å². The highest BCUT2D eigenvalue weighted by molar-refractivity contribution is 6.28. The summed E-state index contributed by atoms with van der Waals surface area (Å²) in [4.78, 5) is 11.0. The van der Waals surface area contributed by atoms with Crippen molar-refractivity contribution in [2.24, 2.45) is 0 Å². The summed E-state index contributed by atoms with van der Waals surface area (Å²) < 4.78 is 75.4. The van der Waals surface area contributed by atoms with Gasteiger partial charge in [0.05, 0.1) is 18.4 Å². The van der Waals surface area contributed by atoms with Crippen LogP contribution in [0.3, 0.4) is 0 Å². The van der Waals surface area contributed by atoms with Crippen molar-refractivity contribution in [1.29, 1.82) is 0 Å². The number of alkyl halides is 3. The molecule has 0 atom stereocenters. The Hall–Kier alpha value is -3.01. The predicted octanol–water partition coefficient (Wildman–Crippen LogP) is 5.24. The molecule has 0 saturated heterocycles. The van der Waals surface area contributed by atoms with E-state index in [1.165, 1.54) is 12.3 Å². The minimum atomic E-state index is -4.84. The van der Waals surface area contributed by atoms with E-state index in [1.54, 1.807) is 6.07 Å². The molecule has 0 bridgehead atoms. The Morgan fingerprint density at radius 2 is 1.76 bits per heavy atom. The van der Waals surface area contributed by atoms with E-state index >= 15 is 0 Å². The Balaban J connectivity index is 1.60. The minimum absolute atomic E-state index is 0.0167. The van der Waals surface area contributed by atoms with Crippen molar-refractivity contribution in [2.75, 3.05) is 6.61 Å². The number of aromatic nitrogens is 3. The molecule has 3 rings (SSSR count). The van der Waals surface area contributed by atoms with E-state index in [2.05, 4.69) is 15.0 Å². The van der Waals surface area contributed by atoms with Crippen molar-refractivity contribution >= 4 is 11.6 Å². The van der Waals surface area contributed by atoms with Crippen LogP contribution in [0.2, 0.25) is 5.28 Å². The van der Waals surface area contributed by atoms with Gasteiger partial charge in [-0.3, -0.25) is 0 Å². The lowest BCUT2D eigenvalue weighted by atomic mass is 10.2. The molecule has 0 spiro atoms. The van der Waals surface area contributed by atoms with E-state index in [0.29, 0.717) is 24.1 Å². The highest BCUT2D eigenvalue weighted by atomic mass is 35.5. The molecule has 2 aromatic heterocycles. The third-order valence-electron chi connectivity index (χ3n) is 3.58. The Kier molecular flexibility index (Phi) is 6.12. The molecule has 0 unspecified atom stereocenters. The topological polar surface area (TPSA) is 57.1 Å². The third-order valence-corrected chi connectivity index (χ3v) is 3.76. The molecular weight excluding hydrogens is 421 g/mol. The molecule has 1 aromatic carbocycles. The molecule has 11 heteroatoms. The third kappa shape index (κ3) is 5.50. The molecule has 0 aliphatic rings. The Morgan fingerprint density at radius 3 is 2.45 bits per heavy atom. The fourth-order valence-electron chi connectivity index (χ4n) is 2.22. The highest BCUT2D eigenvalue weighted by Crippen LogP contribution is 2.34. The number of hydrogen-bond acceptors (Lipinski definition) is 5. The normalized spacial score (nSPS) is 11.4. The number of rotatable bonds is 6. The second-order valence-electron chi connectivity index (χ2n) is 5.64. The second-order valence-corrected chi connectivity index (χ2v) is 5.97. The molecule has 0 radical (unpaired) electrons. The molecule has 0 N–H and O–H groups in total. The zero-order chi connectivity index (χ0) is 21.0. The molecule has 152 valence electrons. The average molecular weight is 432 g/mol. The maximum Gasteiger partial charge on any atom is 0.419 e. The molecule has 0 aliphatic carbocycles. The van der Waals surface area contributed by atoms with Gasteiger partial charge in [0.25, 0.3) is 5.88 Å². The van der Waals surface area contributed by atoms with E-state index in [0.717, 1.165) is 12.3 Å². The van der Waals surface area contributed by atoms with Crippen molar-refractivity contribution in [3.05, 3.63) is 70.8 Å². The summed E-state index contributed by atoms with van der Waals surface area (Å²) in [5, 5.41) is -0.154. The van der Waals surface area contributed by atoms with Crippen LogP contribution >= 0.6 is 11.6 Å². The zero-order valence-electron chi connectivity index (χ0n) is 14.4. The standard InChI is InChI=1S/C18H11ClF5N3O2/c19-17-26-9-14(21)16(27-17)28-6-5-10-1-4-15(25-8-10)29-11-2-3-13(20)12(7-11)18(22,23)24/h1-4,7-9H,5-6H2. The lowest BCUT2D eigenvalue weighted by Crippen LogP contribution is -2.08. The van der Waals surface area contributed by atoms with Crippen LogP contribution < -0.4 is 9.47 Å². The average Bonchev–Trinajstić information content (AvgIpc) is 2.66. The predicted molar refractivity (Wildman–Crippen MR) is 91.9 cm³/mol. The first-order chi connectivity index (χ1) is 13.7. The zero-order valence-corrected chi connectivity index (χ0v) is 15.1. The summed E-state index contributed by atoms with van der Waals surface area (Å²) in [6, 6.07) is 5.31. The van der Waals surface area contributed by atoms with Gasteiger partial charge in [-0.1, -0.05) is 6.07 Å². The van der Waals surface area contributed by atoms with Crippen LogP contribution in [-0.2, 0) is 12.6 Å². The molecule has 0 saturated carbocycles. The van der Waals surface area contributed by atoms with Crippen molar-refractivity contribution in [1.82, 2.24) is 15.0 Å². The Labute approximate surface area is 166 Å². The first kappa shape index (κ1) is 20.7. The van der Waals surface area contributed by atoms with E-state index in [1.807, 2.05) is 0 Å². The molecule has 29 heavy (non-hydrogen) atoms. The Morgan fingerprint density at radius 1 is 0.966 bits per heavy atom. The summed E-state index contributed by atoms with van der Waals surface area (Å²) in [5.74, 6) is -2.63. The SMILES string of the molecule is Fc1ccc(Oc2ccc(CCOc3nc(Cl)ncc3F)cn2)cc1C(F)(F)F. The number of halogens is 6. The van der Waals surface area contributed by atoms with Gasteiger partial charge in [0, 0.05) is 18.7 Å². The summed E-state index contributed by atoms with van der Waals surface area (Å²) in [5.41, 5.74) is -0.742. The van der Waals surface area contributed by atoms with Crippen molar-refractivity contribution in [2.45, 2.75) is 12.6 Å². The summed E-state index contributed by atoms with van der Waals surface area (Å²) in [7, 11) is 0. The van der Waals surface area contributed by atoms with Crippen molar-refractivity contribution in [3.63, 3.8) is 0 Å². The van der Waals surface area contributed by atoms with Gasteiger partial charge in [-0.25, -0.2) is 14.4 Å². The molecule has 5 nitrogen and oxygen atoms in total. The van der Waals surface area contributed by atoms with Gasteiger partial charge in [0.15, 0.2) is 0 Å². The van der Waals surface area contributed by atoms with Crippen LogP contribution in [0.15, 0.2) is 42.7 Å². The van der Waals surface area contributed by atoms with Crippen LogP contribution in [0, 0.1) is 11.6 Å². The molecule has 3 aromatic rings. The number of nitrogens with zero attached hydrogens (tertiary/aromatic N) is 3. The van der Waals surface area contributed by atoms with Gasteiger partial charge in [-0.05, 0) is 35.4 Å². The summed E-state index contributed by atoms with van der Waals surface area (Å²) in [6.07, 6.45) is -2.20. The first-order valence-electron chi connectivity index (χ1n) is 8.03. The van der Waals surface area contributed by atoms with Crippen LogP contribution in [0.4, 0.5) is 22.0 Å². The van der Waals surface area contributed by atoms with E-state index < -0.39 is 23.4 Å². The maximum atomic E-state index is 13.5. The fraction of sp³-hybridized carbons (Fsp3) is 0.167. The number of pyridine rings is 1. The molecule has 0 fully saturated rings. The monoisotopic (exact) mass is 431 g/mol. The van der Waals surface area contributed by atoms with Gasteiger partial charge in [0.2, 0.25) is 17.0 Å². The molecular formula is C18H11ClF5N3O2. The molecule has 0 amide bonds. The van der Waals surface area contributed by atoms with Crippen LogP contribution in [0.25, 0.3) is 0 Å². The quantitative estimate of drug-likeness (QED) is 0.395. The van der Waals surface area contributed by atoms with E-state index in [9.17, 15) is 22.0 Å².